The topological polar surface area (TPSA) is 97.2 Å². The van der Waals surface area contributed by atoms with Gasteiger partial charge in [0.1, 0.15) is 5.82 Å². The van der Waals surface area contributed by atoms with Crippen LogP contribution in [0.4, 0.5) is 11.5 Å². The van der Waals surface area contributed by atoms with Crippen LogP contribution in [0, 0.1) is 15.5 Å². The van der Waals surface area contributed by atoms with Crippen LogP contribution >= 0.6 is 0 Å². The van der Waals surface area contributed by atoms with Crippen LogP contribution < -0.4 is 10.6 Å². The second kappa shape index (κ2) is 5.44. The lowest BCUT2D eigenvalue weighted by atomic mass is 9.92. The molecule has 0 aliphatic carbocycles. The second-order valence-electron chi connectivity index (χ2n) is 4.47. The molecule has 0 saturated heterocycles. The van der Waals surface area contributed by atoms with Gasteiger partial charge in [0, 0.05) is 25.9 Å². The van der Waals surface area contributed by atoms with Gasteiger partial charge in [-0.2, -0.15) is 0 Å². The molecule has 0 bridgehead atoms. The third-order valence-electron chi connectivity index (χ3n) is 2.51. The van der Waals surface area contributed by atoms with Crippen molar-refractivity contribution >= 4 is 17.4 Å². The highest BCUT2D eigenvalue weighted by atomic mass is 16.6. The monoisotopic (exact) mass is 252 g/mol. The molecule has 0 saturated carbocycles. The predicted octanol–water partition coefficient (Wildman–Crippen LogP) is 1.17. The van der Waals surface area contributed by atoms with Gasteiger partial charge in [0.15, 0.2) is 0 Å². The Kier molecular flexibility index (Phi) is 4.19. The van der Waals surface area contributed by atoms with Crippen LogP contribution in [0.25, 0.3) is 0 Å². The van der Waals surface area contributed by atoms with Gasteiger partial charge in [0.05, 0.1) is 16.4 Å². The molecule has 0 aromatic carbocycles. The minimum absolute atomic E-state index is 0.0368. The maximum Gasteiger partial charge on any atom is 0.274 e. The van der Waals surface area contributed by atoms with Gasteiger partial charge >= 0.3 is 0 Å². The van der Waals surface area contributed by atoms with Gasteiger partial charge in [-0.1, -0.05) is 0 Å². The van der Waals surface area contributed by atoms with E-state index < -0.39 is 10.3 Å². The van der Waals surface area contributed by atoms with E-state index >= 15 is 0 Å². The molecular formula is C11H16N4O3. The summed E-state index contributed by atoms with van der Waals surface area (Å²) in [6.45, 7) is 3.88. The van der Waals surface area contributed by atoms with Crippen LogP contribution in [0.1, 0.15) is 13.8 Å². The van der Waals surface area contributed by atoms with Crippen LogP contribution in [0.15, 0.2) is 18.3 Å². The average molecular weight is 252 g/mol. The number of nitrogens with zero attached hydrogens (tertiary/aromatic N) is 2. The van der Waals surface area contributed by atoms with Crippen LogP contribution in [-0.4, -0.2) is 29.4 Å². The van der Waals surface area contributed by atoms with E-state index in [2.05, 4.69) is 15.6 Å². The Labute approximate surface area is 105 Å². The Morgan fingerprint density at radius 1 is 1.56 bits per heavy atom. The largest absolute Gasteiger partial charge is 0.369 e. The zero-order valence-corrected chi connectivity index (χ0v) is 10.6. The first-order chi connectivity index (χ1) is 8.36. The van der Waals surface area contributed by atoms with Crippen molar-refractivity contribution in [1.29, 1.82) is 0 Å². The zero-order chi connectivity index (χ0) is 13.8. The normalized spacial score (nSPS) is 10.8. The standard InChI is InChI=1S/C11H16N4O3/c1-11(2,10(16)12-3)7-14-9-6-8(15(17)18)4-5-13-9/h4-6H,7H2,1-3H3,(H,12,16)(H,13,14). The highest BCUT2D eigenvalue weighted by molar-refractivity contribution is 5.82. The van der Waals surface area contributed by atoms with Crippen molar-refractivity contribution in [2.75, 3.05) is 18.9 Å². The highest BCUT2D eigenvalue weighted by Gasteiger charge is 2.26. The van der Waals surface area contributed by atoms with Crippen molar-refractivity contribution in [2.24, 2.45) is 5.41 Å². The van der Waals surface area contributed by atoms with Crippen LogP contribution in [0.3, 0.4) is 0 Å². The fraction of sp³-hybridized carbons (Fsp3) is 0.455. The summed E-state index contributed by atoms with van der Waals surface area (Å²) in [5.74, 6) is 0.265. The zero-order valence-electron chi connectivity index (χ0n) is 10.6. The number of amides is 1. The molecule has 7 nitrogen and oxygen atoms in total. The lowest BCUT2D eigenvalue weighted by Gasteiger charge is -2.22. The van der Waals surface area contributed by atoms with E-state index in [1.54, 1.807) is 20.9 Å². The van der Waals surface area contributed by atoms with Gasteiger partial charge in [0.2, 0.25) is 5.91 Å². The molecular weight excluding hydrogens is 236 g/mol. The third-order valence-corrected chi connectivity index (χ3v) is 2.51. The van der Waals surface area contributed by atoms with Crippen molar-refractivity contribution in [3.8, 4) is 0 Å². The smallest absolute Gasteiger partial charge is 0.274 e. The summed E-state index contributed by atoms with van der Waals surface area (Å²) in [4.78, 5) is 25.6. The quantitative estimate of drug-likeness (QED) is 0.605. The number of nitro groups is 1. The summed E-state index contributed by atoms with van der Waals surface area (Å²) in [7, 11) is 1.57. The van der Waals surface area contributed by atoms with Crippen molar-refractivity contribution in [1.82, 2.24) is 10.3 Å². The minimum atomic E-state index is -0.624. The third kappa shape index (κ3) is 3.41. The van der Waals surface area contributed by atoms with Crippen molar-refractivity contribution in [2.45, 2.75) is 13.8 Å². The van der Waals surface area contributed by atoms with E-state index in [-0.39, 0.29) is 11.6 Å². The van der Waals surface area contributed by atoms with Crippen LogP contribution in [-0.2, 0) is 4.79 Å². The van der Waals surface area contributed by atoms with E-state index in [4.69, 9.17) is 0 Å². The van der Waals surface area contributed by atoms with Gasteiger partial charge in [-0.3, -0.25) is 14.9 Å². The summed E-state index contributed by atoms with van der Waals surface area (Å²) < 4.78 is 0. The number of hydrogen-bond donors (Lipinski definition) is 2. The molecule has 1 heterocycles. The molecule has 1 aromatic heterocycles. The number of nitrogens with one attached hydrogen (secondary N) is 2. The highest BCUT2D eigenvalue weighted by Crippen LogP contribution is 2.18. The predicted molar refractivity (Wildman–Crippen MR) is 67.2 cm³/mol. The molecule has 0 atom stereocenters. The van der Waals surface area contributed by atoms with Crippen molar-refractivity contribution in [3.05, 3.63) is 28.4 Å². The van der Waals surface area contributed by atoms with E-state index in [1.807, 2.05) is 0 Å². The lowest BCUT2D eigenvalue weighted by Crippen LogP contribution is -2.39. The fourth-order valence-electron chi connectivity index (χ4n) is 1.36. The molecule has 0 spiro atoms. The summed E-state index contributed by atoms with van der Waals surface area (Å²) >= 11 is 0. The molecule has 18 heavy (non-hydrogen) atoms. The number of carbonyl (C=O) groups is 1. The molecule has 0 radical (unpaired) electrons. The SMILES string of the molecule is CNC(=O)C(C)(C)CNc1cc([N+](=O)[O-])ccn1. The molecule has 2 N–H and O–H groups in total. The molecule has 1 rings (SSSR count). The number of hydrogen-bond acceptors (Lipinski definition) is 5. The maximum absolute atomic E-state index is 11.6. The molecule has 0 fully saturated rings. The van der Waals surface area contributed by atoms with E-state index in [1.165, 1.54) is 18.3 Å². The Hall–Kier alpha value is -2.18. The van der Waals surface area contributed by atoms with Gasteiger partial charge < -0.3 is 10.6 Å². The minimum Gasteiger partial charge on any atom is -0.369 e. The average Bonchev–Trinajstić information content (AvgIpc) is 2.35. The Bertz CT molecular complexity index is 459. The molecule has 0 aliphatic rings. The van der Waals surface area contributed by atoms with Gasteiger partial charge in [-0.05, 0) is 13.8 Å². The lowest BCUT2D eigenvalue weighted by molar-refractivity contribution is -0.384. The maximum atomic E-state index is 11.6. The second-order valence-corrected chi connectivity index (χ2v) is 4.47. The van der Waals surface area contributed by atoms with Gasteiger partial charge in [-0.15, -0.1) is 0 Å². The Balaban J connectivity index is 2.72. The molecule has 1 aromatic rings. The van der Waals surface area contributed by atoms with Crippen LogP contribution in [0.5, 0.6) is 0 Å². The molecule has 0 aliphatic heterocycles. The number of carbonyl (C=O) groups excluding carboxylic acids is 1. The van der Waals surface area contributed by atoms with Crippen molar-refractivity contribution in [3.63, 3.8) is 0 Å². The van der Waals surface area contributed by atoms with E-state index in [9.17, 15) is 14.9 Å². The molecule has 98 valence electrons. The summed E-state index contributed by atoms with van der Waals surface area (Å²) in [5.41, 5.74) is -0.661. The van der Waals surface area contributed by atoms with Crippen molar-refractivity contribution < 1.29 is 9.72 Å². The summed E-state index contributed by atoms with van der Waals surface area (Å²) in [6, 6.07) is 2.65. The Morgan fingerprint density at radius 3 is 2.78 bits per heavy atom. The Morgan fingerprint density at radius 2 is 2.22 bits per heavy atom. The molecule has 1 amide bonds. The molecule has 0 unspecified atom stereocenters. The number of rotatable bonds is 5. The molecule has 7 heteroatoms. The van der Waals surface area contributed by atoms with E-state index in [0.29, 0.717) is 12.4 Å². The first kappa shape index (κ1) is 13.9. The summed E-state index contributed by atoms with van der Waals surface area (Å²) in [6.07, 6.45) is 1.35. The summed E-state index contributed by atoms with van der Waals surface area (Å²) in [5, 5.41) is 16.1. The number of anilines is 1. The first-order valence-corrected chi connectivity index (χ1v) is 5.43. The fourth-order valence-corrected chi connectivity index (χ4v) is 1.36. The van der Waals surface area contributed by atoms with Crippen LogP contribution in [0.2, 0.25) is 0 Å². The van der Waals surface area contributed by atoms with E-state index in [0.717, 1.165) is 0 Å². The number of pyridine rings is 1. The number of aromatic nitrogens is 1. The van der Waals surface area contributed by atoms with Gasteiger partial charge in [0.25, 0.3) is 5.69 Å². The van der Waals surface area contributed by atoms with Gasteiger partial charge in [-0.25, -0.2) is 4.98 Å². The first-order valence-electron chi connectivity index (χ1n) is 5.43.